The second-order valence-corrected chi connectivity index (χ2v) is 8.02. The number of hydrogen-bond acceptors (Lipinski definition) is 5. The molecule has 28 heavy (non-hydrogen) atoms. The molecule has 0 atom stereocenters. The first kappa shape index (κ1) is 20.7. The molecule has 3 aromatic rings. The van der Waals surface area contributed by atoms with Gasteiger partial charge in [-0.2, -0.15) is 0 Å². The zero-order valence-corrected chi connectivity index (χ0v) is 18.2. The van der Waals surface area contributed by atoms with Crippen LogP contribution in [-0.4, -0.2) is 26.8 Å². The van der Waals surface area contributed by atoms with Crippen molar-refractivity contribution in [2.45, 2.75) is 25.1 Å². The quantitative estimate of drug-likeness (QED) is 0.438. The van der Waals surface area contributed by atoms with Gasteiger partial charge in [0, 0.05) is 10.2 Å². The molecule has 0 saturated carbocycles. The Labute approximate surface area is 180 Å². The van der Waals surface area contributed by atoms with E-state index < -0.39 is 0 Å². The molecule has 6 nitrogen and oxygen atoms in total. The van der Waals surface area contributed by atoms with E-state index in [0.717, 1.165) is 16.6 Å². The van der Waals surface area contributed by atoms with Gasteiger partial charge < -0.3 is 10.1 Å². The summed E-state index contributed by atoms with van der Waals surface area (Å²) in [5.41, 5.74) is 1.89. The summed E-state index contributed by atoms with van der Waals surface area (Å²) < 4.78 is 6.47. The van der Waals surface area contributed by atoms with Crippen LogP contribution in [0, 0.1) is 0 Å². The van der Waals surface area contributed by atoms with Crippen LogP contribution < -0.4 is 10.1 Å². The van der Waals surface area contributed by atoms with Gasteiger partial charge in [-0.3, -0.25) is 9.89 Å². The van der Waals surface area contributed by atoms with Gasteiger partial charge in [-0.05, 0) is 58.2 Å². The summed E-state index contributed by atoms with van der Waals surface area (Å²) in [5.74, 6) is 1.39. The largest absolute Gasteiger partial charge is 0.486 e. The highest BCUT2D eigenvalue weighted by molar-refractivity contribution is 9.10. The van der Waals surface area contributed by atoms with Crippen LogP contribution >= 0.6 is 39.3 Å². The number of rotatable bonds is 8. The van der Waals surface area contributed by atoms with Crippen molar-refractivity contribution in [2.75, 3.05) is 11.1 Å². The van der Waals surface area contributed by atoms with Crippen LogP contribution in [-0.2, 0) is 17.8 Å². The second kappa shape index (κ2) is 9.95. The van der Waals surface area contributed by atoms with Crippen molar-refractivity contribution in [2.24, 2.45) is 0 Å². The maximum Gasteiger partial charge on any atom is 0.234 e. The third-order valence-corrected chi connectivity index (χ3v) is 5.83. The van der Waals surface area contributed by atoms with Crippen molar-refractivity contribution in [3.8, 4) is 5.75 Å². The van der Waals surface area contributed by atoms with Gasteiger partial charge in [-0.15, -0.1) is 5.10 Å². The molecule has 146 valence electrons. The summed E-state index contributed by atoms with van der Waals surface area (Å²) in [4.78, 5) is 16.4. The molecular formula is C19H18BrClN4O2S. The summed E-state index contributed by atoms with van der Waals surface area (Å²) in [5, 5.41) is 10.7. The number of aromatic amines is 1. The zero-order valence-electron chi connectivity index (χ0n) is 15.0. The van der Waals surface area contributed by atoms with Crippen molar-refractivity contribution in [1.82, 2.24) is 15.2 Å². The molecule has 3 rings (SSSR count). The Balaban J connectivity index is 1.45. The summed E-state index contributed by atoms with van der Waals surface area (Å²) in [7, 11) is 0. The Morgan fingerprint density at radius 1 is 1.29 bits per heavy atom. The van der Waals surface area contributed by atoms with Crippen LogP contribution in [0.25, 0.3) is 0 Å². The predicted octanol–water partition coefficient (Wildman–Crippen LogP) is 5.09. The number of ether oxygens (including phenoxy) is 1. The molecule has 9 heteroatoms. The SMILES string of the molecule is CCc1ccc(OCc2nc(SCC(=O)Nc3ccc(Br)c(Cl)c3)n[nH]2)cc1. The predicted molar refractivity (Wildman–Crippen MR) is 115 cm³/mol. The summed E-state index contributed by atoms with van der Waals surface area (Å²) in [6.45, 7) is 2.39. The Hall–Kier alpha value is -2.03. The number of benzene rings is 2. The summed E-state index contributed by atoms with van der Waals surface area (Å²) >= 11 is 10.6. The molecule has 2 N–H and O–H groups in total. The number of hydrogen-bond donors (Lipinski definition) is 2. The van der Waals surface area contributed by atoms with Crippen molar-refractivity contribution in [3.63, 3.8) is 0 Å². The number of amides is 1. The monoisotopic (exact) mass is 480 g/mol. The van der Waals surface area contributed by atoms with Gasteiger partial charge in [0.15, 0.2) is 5.82 Å². The topological polar surface area (TPSA) is 79.9 Å². The maximum absolute atomic E-state index is 12.1. The van der Waals surface area contributed by atoms with E-state index in [1.54, 1.807) is 18.2 Å². The molecule has 0 aliphatic carbocycles. The van der Waals surface area contributed by atoms with Crippen LogP contribution in [0.3, 0.4) is 0 Å². The summed E-state index contributed by atoms with van der Waals surface area (Å²) in [6.07, 6.45) is 0.991. The van der Waals surface area contributed by atoms with Crippen molar-refractivity contribution >= 4 is 50.9 Å². The number of aromatic nitrogens is 3. The molecule has 0 aliphatic rings. The molecule has 1 amide bonds. The van der Waals surface area contributed by atoms with Gasteiger partial charge in [0.05, 0.1) is 10.8 Å². The standard InChI is InChI=1S/C19H18BrClN4O2S/c1-2-12-3-6-14(7-4-12)27-10-17-23-19(25-24-17)28-11-18(26)22-13-5-8-15(20)16(21)9-13/h3-9H,2,10-11H2,1H3,(H,22,26)(H,23,24,25). The average molecular weight is 482 g/mol. The minimum atomic E-state index is -0.165. The Bertz CT molecular complexity index is 949. The molecule has 0 saturated heterocycles. The number of aryl methyl sites for hydroxylation is 1. The van der Waals surface area contributed by atoms with E-state index in [0.29, 0.717) is 21.7 Å². The lowest BCUT2D eigenvalue weighted by molar-refractivity contribution is -0.113. The summed E-state index contributed by atoms with van der Waals surface area (Å²) in [6, 6.07) is 13.2. The maximum atomic E-state index is 12.1. The van der Waals surface area contributed by atoms with Crippen molar-refractivity contribution in [1.29, 1.82) is 0 Å². The lowest BCUT2D eigenvalue weighted by atomic mass is 10.2. The highest BCUT2D eigenvalue weighted by Crippen LogP contribution is 2.25. The number of thioether (sulfide) groups is 1. The molecule has 1 heterocycles. The molecule has 0 aliphatic heterocycles. The fourth-order valence-corrected chi connectivity index (χ4v) is 3.33. The first-order chi connectivity index (χ1) is 13.5. The third-order valence-electron chi connectivity index (χ3n) is 3.75. The van der Waals surface area contributed by atoms with E-state index in [1.807, 2.05) is 24.3 Å². The Morgan fingerprint density at radius 3 is 2.79 bits per heavy atom. The fraction of sp³-hybridized carbons (Fsp3) is 0.211. The van der Waals surface area contributed by atoms with E-state index in [9.17, 15) is 4.79 Å². The smallest absolute Gasteiger partial charge is 0.234 e. The molecule has 0 radical (unpaired) electrons. The van der Waals surface area contributed by atoms with Crippen LogP contribution in [0.5, 0.6) is 5.75 Å². The first-order valence-electron chi connectivity index (χ1n) is 8.54. The van der Waals surface area contributed by atoms with Gasteiger partial charge in [0.2, 0.25) is 11.1 Å². The third kappa shape index (κ3) is 5.98. The van der Waals surface area contributed by atoms with E-state index >= 15 is 0 Å². The van der Waals surface area contributed by atoms with Crippen LogP contribution in [0.1, 0.15) is 18.3 Å². The fourth-order valence-electron chi connectivity index (χ4n) is 2.28. The molecule has 2 aromatic carbocycles. The molecule has 0 fully saturated rings. The van der Waals surface area contributed by atoms with E-state index in [1.165, 1.54) is 17.3 Å². The van der Waals surface area contributed by atoms with Gasteiger partial charge >= 0.3 is 0 Å². The van der Waals surface area contributed by atoms with Gasteiger partial charge in [-0.1, -0.05) is 42.4 Å². The zero-order chi connectivity index (χ0) is 19.9. The first-order valence-corrected chi connectivity index (χ1v) is 10.7. The van der Waals surface area contributed by atoms with Crippen LogP contribution in [0.4, 0.5) is 5.69 Å². The van der Waals surface area contributed by atoms with Crippen LogP contribution in [0.2, 0.25) is 5.02 Å². The average Bonchev–Trinajstić information content (AvgIpc) is 3.16. The highest BCUT2D eigenvalue weighted by atomic mass is 79.9. The minimum absolute atomic E-state index is 0.165. The second-order valence-electron chi connectivity index (χ2n) is 5.82. The number of nitrogens with zero attached hydrogens (tertiary/aromatic N) is 2. The van der Waals surface area contributed by atoms with Crippen molar-refractivity contribution < 1.29 is 9.53 Å². The lowest BCUT2D eigenvalue weighted by Gasteiger charge is -2.05. The minimum Gasteiger partial charge on any atom is -0.486 e. The number of H-pyrrole nitrogens is 1. The molecular weight excluding hydrogens is 464 g/mol. The lowest BCUT2D eigenvalue weighted by Crippen LogP contribution is -2.14. The normalized spacial score (nSPS) is 10.7. The number of anilines is 1. The molecule has 0 bridgehead atoms. The van der Waals surface area contributed by atoms with E-state index in [2.05, 4.69) is 43.4 Å². The molecule has 0 spiro atoms. The van der Waals surface area contributed by atoms with Crippen LogP contribution in [0.15, 0.2) is 52.1 Å². The van der Waals surface area contributed by atoms with Gasteiger partial charge in [0.1, 0.15) is 12.4 Å². The number of halogens is 2. The molecule has 0 unspecified atom stereocenters. The molecule has 1 aromatic heterocycles. The Morgan fingerprint density at radius 2 is 2.07 bits per heavy atom. The van der Waals surface area contributed by atoms with E-state index in [4.69, 9.17) is 16.3 Å². The number of carbonyl (C=O) groups excluding carboxylic acids is 1. The van der Waals surface area contributed by atoms with Gasteiger partial charge in [-0.25, -0.2) is 4.98 Å². The van der Waals surface area contributed by atoms with Gasteiger partial charge in [0.25, 0.3) is 0 Å². The number of nitrogens with one attached hydrogen (secondary N) is 2. The number of carbonyl (C=O) groups is 1. The van der Waals surface area contributed by atoms with E-state index in [-0.39, 0.29) is 18.3 Å². The van der Waals surface area contributed by atoms with Crippen molar-refractivity contribution in [3.05, 3.63) is 63.3 Å². The Kier molecular flexibility index (Phi) is 7.36. The highest BCUT2D eigenvalue weighted by Gasteiger charge is 2.09.